The average molecular weight is 508 g/mol. The van der Waals surface area contributed by atoms with Crippen molar-refractivity contribution in [1.82, 2.24) is 9.21 Å². The van der Waals surface area contributed by atoms with Crippen molar-refractivity contribution in [3.05, 3.63) is 81.3 Å². The van der Waals surface area contributed by atoms with Gasteiger partial charge in [0.25, 0.3) is 5.69 Å². The Morgan fingerprint density at radius 2 is 1.84 bits per heavy atom. The summed E-state index contributed by atoms with van der Waals surface area (Å²) in [6, 6.07) is 13.8. The first-order valence-corrected chi connectivity index (χ1v) is 12.3. The fraction of sp³-hybridized carbons (Fsp3) is 0.364. The number of hydrogen-bond donors (Lipinski definition) is 0. The average Bonchev–Trinajstić information content (AvgIpc) is 2.75. The second-order valence-corrected chi connectivity index (χ2v) is 10.5. The summed E-state index contributed by atoms with van der Waals surface area (Å²) in [5, 5.41) is 11.4. The molecule has 31 heavy (non-hydrogen) atoms. The van der Waals surface area contributed by atoms with Crippen molar-refractivity contribution >= 4 is 31.6 Å². The molecule has 1 aliphatic rings. The molecule has 7 nitrogen and oxygen atoms in total. The predicted molar refractivity (Wildman–Crippen MR) is 125 cm³/mol. The van der Waals surface area contributed by atoms with E-state index in [2.05, 4.69) is 46.5 Å². The van der Waals surface area contributed by atoms with Crippen LogP contribution in [0.1, 0.15) is 24.8 Å². The Hall–Kier alpha value is -2.07. The summed E-state index contributed by atoms with van der Waals surface area (Å²) in [4.78, 5) is 12.7. The number of nitro benzene ring substituents is 1. The van der Waals surface area contributed by atoms with Crippen LogP contribution in [0.2, 0.25) is 0 Å². The van der Waals surface area contributed by atoms with E-state index in [0.717, 1.165) is 16.5 Å². The van der Waals surface area contributed by atoms with Gasteiger partial charge in [-0.25, -0.2) is 8.42 Å². The third-order valence-corrected chi connectivity index (χ3v) is 8.29. The first-order valence-electron chi connectivity index (χ1n) is 10.0. The van der Waals surface area contributed by atoms with Gasteiger partial charge in [-0.3, -0.25) is 15.0 Å². The molecule has 9 heteroatoms. The van der Waals surface area contributed by atoms with Crippen molar-refractivity contribution < 1.29 is 13.3 Å². The number of rotatable bonds is 9. The molecule has 0 amide bonds. The Kier molecular flexibility index (Phi) is 7.31. The predicted octanol–water partition coefficient (Wildman–Crippen LogP) is 4.41. The zero-order valence-corrected chi connectivity index (χ0v) is 19.9. The highest BCUT2D eigenvalue weighted by atomic mass is 79.9. The van der Waals surface area contributed by atoms with Crippen molar-refractivity contribution in [1.29, 1.82) is 0 Å². The van der Waals surface area contributed by atoms with Crippen LogP contribution in [0.4, 0.5) is 5.69 Å². The van der Waals surface area contributed by atoms with Gasteiger partial charge in [0.15, 0.2) is 4.90 Å². The van der Waals surface area contributed by atoms with E-state index in [1.165, 1.54) is 35.6 Å². The molecular weight excluding hydrogens is 482 g/mol. The smallest absolute Gasteiger partial charge is 0.289 e. The number of nitro groups is 1. The first kappa shape index (κ1) is 23.6. The molecule has 166 valence electrons. The summed E-state index contributed by atoms with van der Waals surface area (Å²) in [5.41, 5.74) is 0.735. The van der Waals surface area contributed by atoms with Crippen LogP contribution in [-0.2, 0) is 10.0 Å². The highest BCUT2D eigenvalue weighted by molar-refractivity contribution is 9.10. The lowest BCUT2D eigenvalue weighted by atomic mass is 9.73. The van der Waals surface area contributed by atoms with E-state index in [1.807, 2.05) is 18.2 Å². The molecule has 2 aromatic rings. The molecule has 0 spiro atoms. The van der Waals surface area contributed by atoms with Gasteiger partial charge in [-0.1, -0.05) is 53.2 Å². The maximum atomic E-state index is 13.2. The zero-order valence-electron chi connectivity index (χ0n) is 17.5. The van der Waals surface area contributed by atoms with Crippen LogP contribution in [0.25, 0.3) is 0 Å². The van der Waals surface area contributed by atoms with E-state index in [0.29, 0.717) is 6.54 Å². The number of para-hydroxylation sites is 1. The molecule has 1 aliphatic heterocycles. The molecule has 3 atom stereocenters. The summed E-state index contributed by atoms with van der Waals surface area (Å²) in [6.07, 6.45) is 2.75. The number of hydrogen-bond acceptors (Lipinski definition) is 5. The van der Waals surface area contributed by atoms with Gasteiger partial charge in [0.05, 0.1) is 4.92 Å². The maximum Gasteiger partial charge on any atom is 0.289 e. The molecule has 1 saturated heterocycles. The van der Waals surface area contributed by atoms with Crippen molar-refractivity contribution in [2.24, 2.45) is 0 Å². The Morgan fingerprint density at radius 3 is 2.42 bits per heavy atom. The highest BCUT2D eigenvalue weighted by Gasteiger charge is 2.48. The minimum absolute atomic E-state index is 0.0633. The van der Waals surface area contributed by atoms with Gasteiger partial charge >= 0.3 is 0 Å². The van der Waals surface area contributed by atoms with E-state index in [-0.39, 0.29) is 29.4 Å². The topological polar surface area (TPSA) is 83.8 Å². The molecule has 0 N–H and O–H groups in total. The van der Waals surface area contributed by atoms with Gasteiger partial charge in [-0.15, -0.1) is 6.58 Å². The molecule has 0 aromatic heterocycles. The largest absolute Gasteiger partial charge is 0.291 e. The number of halogens is 1. The molecule has 1 heterocycles. The van der Waals surface area contributed by atoms with Crippen LogP contribution in [-0.4, -0.2) is 54.8 Å². The van der Waals surface area contributed by atoms with Gasteiger partial charge in [0.2, 0.25) is 10.0 Å². The Bertz CT molecular complexity index is 1060. The van der Waals surface area contributed by atoms with Crippen LogP contribution in [0, 0.1) is 10.1 Å². The van der Waals surface area contributed by atoms with Crippen molar-refractivity contribution in [3.63, 3.8) is 0 Å². The SMILES string of the molecule is C=CCN1[C@H](CC)C(c2ccc(Br)cc2)[C@@H]1CN(C)S(=O)(=O)c1ccccc1[N+](=O)[O-]. The summed E-state index contributed by atoms with van der Waals surface area (Å²) in [5.74, 6) is 0.154. The summed E-state index contributed by atoms with van der Waals surface area (Å²) in [6.45, 7) is 6.84. The minimum atomic E-state index is -4.03. The van der Waals surface area contributed by atoms with Crippen LogP contribution in [0.15, 0.2) is 70.6 Å². The van der Waals surface area contributed by atoms with E-state index < -0.39 is 20.6 Å². The fourth-order valence-electron chi connectivity index (χ4n) is 4.43. The Balaban J connectivity index is 1.92. The number of sulfonamides is 1. The van der Waals surface area contributed by atoms with Gasteiger partial charge in [-0.05, 0) is 30.2 Å². The first-order chi connectivity index (χ1) is 14.7. The lowest BCUT2D eigenvalue weighted by Gasteiger charge is -2.56. The van der Waals surface area contributed by atoms with Crippen molar-refractivity contribution in [3.8, 4) is 0 Å². The van der Waals surface area contributed by atoms with Crippen LogP contribution in [0.3, 0.4) is 0 Å². The molecule has 1 unspecified atom stereocenters. The van der Waals surface area contributed by atoms with Crippen molar-refractivity contribution in [2.75, 3.05) is 20.1 Å². The normalized spacial score (nSPS) is 21.6. The van der Waals surface area contributed by atoms with Gasteiger partial charge < -0.3 is 0 Å². The molecule has 3 rings (SSSR count). The van der Waals surface area contributed by atoms with Gasteiger partial charge in [0.1, 0.15) is 0 Å². The van der Waals surface area contributed by atoms with Crippen LogP contribution < -0.4 is 0 Å². The molecule has 0 aliphatic carbocycles. The second-order valence-electron chi connectivity index (χ2n) is 7.62. The highest BCUT2D eigenvalue weighted by Crippen LogP contribution is 2.43. The molecule has 1 fully saturated rings. The van der Waals surface area contributed by atoms with E-state index >= 15 is 0 Å². The monoisotopic (exact) mass is 507 g/mol. The standard InChI is InChI=1S/C22H26BrN3O4S/c1-4-14-25-18(5-2)22(16-10-12-17(23)13-11-16)20(25)15-24(3)31(29,30)21-9-7-6-8-19(21)26(27)28/h4,6-13,18,20,22H,1,5,14-15H2,2-3H3/t18-,20+,22?/m1/s1. The lowest BCUT2D eigenvalue weighted by molar-refractivity contribution is -0.387. The lowest BCUT2D eigenvalue weighted by Crippen LogP contribution is -2.65. The molecule has 2 aromatic carbocycles. The number of benzene rings is 2. The van der Waals surface area contributed by atoms with E-state index in [1.54, 1.807) is 0 Å². The molecule has 0 bridgehead atoms. The third-order valence-electron chi connectivity index (χ3n) is 5.89. The number of nitrogens with zero attached hydrogens (tertiary/aromatic N) is 3. The Labute approximate surface area is 191 Å². The van der Waals surface area contributed by atoms with Crippen LogP contribution >= 0.6 is 15.9 Å². The second kappa shape index (κ2) is 9.60. The molecule has 0 saturated carbocycles. The molecular formula is C22H26BrN3O4S. The van der Waals surface area contributed by atoms with Gasteiger partial charge in [-0.2, -0.15) is 4.31 Å². The molecule has 0 radical (unpaired) electrons. The fourth-order valence-corrected chi connectivity index (χ4v) is 6.03. The van der Waals surface area contributed by atoms with Crippen LogP contribution in [0.5, 0.6) is 0 Å². The summed E-state index contributed by atoms with van der Waals surface area (Å²) in [7, 11) is -2.55. The summed E-state index contributed by atoms with van der Waals surface area (Å²) >= 11 is 3.46. The maximum absolute atomic E-state index is 13.2. The summed E-state index contributed by atoms with van der Waals surface area (Å²) < 4.78 is 28.6. The Morgan fingerprint density at radius 1 is 1.19 bits per heavy atom. The third kappa shape index (κ3) is 4.59. The van der Waals surface area contributed by atoms with E-state index in [4.69, 9.17) is 0 Å². The van der Waals surface area contributed by atoms with Gasteiger partial charge in [0, 0.05) is 48.7 Å². The number of likely N-dealkylation sites (N-methyl/N-ethyl adjacent to an activating group) is 1. The zero-order chi connectivity index (χ0) is 22.8. The minimum Gasteiger partial charge on any atom is -0.291 e. The quantitative estimate of drug-likeness (QED) is 0.285. The van der Waals surface area contributed by atoms with E-state index in [9.17, 15) is 18.5 Å². The van der Waals surface area contributed by atoms with Crippen molar-refractivity contribution in [2.45, 2.75) is 36.2 Å². The number of likely N-dealkylation sites (tertiary alicyclic amines) is 1.